The number of benzene rings is 8. The van der Waals surface area contributed by atoms with Gasteiger partial charge in [-0.1, -0.05) is 78.9 Å². The van der Waals surface area contributed by atoms with E-state index in [9.17, 15) is 0 Å². The fraction of sp³-hybridized carbons (Fsp3) is 0. The maximum absolute atomic E-state index is 6.25. The van der Waals surface area contributed by atoms with E-state index >= 15 is 0 Å². The second-order valence-electron chi connectivity index (χ2n) is 13.4. The maximum Gasteiger partial charge on any atom is 0.135 e. The van der Waals surface area contributed by atoms with E-state index in [0.717, 1.165) is 56.1 Å². The van der Waals surface area contributed by atoms with E-state index in [-0.39, 0.29) is 0 Å². The van der Waals surface area contributed by atoms with E-state index in [2.05, 4.69) is 180 Å². The lowest BCUT2D eigenvalue weighted by Crippen LogP contribution is -2.09. The van der Waals surface area contributed by atoms with Crippen LogP contribution in [0.4, 0.5) is 34.1 Å². The summed E-state index contributed by atoms with van der Waals surface area (Å²) in [7, 11) is 0. The third kappa shape index (κ3) is 5.01. The van der Waals surface area contributed by atoms with E-state index in [1.165, 1.54) is 40.3 Å². The number of nitrogens with zero attached hydrogens (tertiary/aromatic N) is 2. The summed E-state index contributed by atoms with van der Waals surface area (Å²) in [6.45, 7) is 0. The van der Waals surface area contributed by atoms with Crippen molar-refractivity contribution in [2.75, 3.05) is 9.80 Å². The highest BCUT2D eigenvalue weighted by atomic mass is 32.1. The van der Waals surface area contributed by atoms with Crippen LogP contribution in [0, 0.1) is 0 Å². The van der Waals surface area contributed by atoms with Crippen LogP contribution in [-0.2, 0) is 0 Å². The van der Waals surface area contributed by atoms with Crippen LogP contribution in [0.2, 0.25) is 0 Å². The van der Waals surface area contributed by atoms with Crippen molar-refractivity contribution < 1.29 is 4.42 Å². The van der Waals surface area contributed by atoms with E-state index in [1.54, 1.807) is 0 Å². The number of thiophene rings is 2. The van der Waals surface area contributed by atoms with Crippen molar-refractivity contribution in [3.8, 4) is 0 Å². The molecule has 0 aliphatic carbocycles. The molecule has 3 aromatic heterocycles. The van der Waals surface area contributed by atoms with Crippen LogP contribution in [0.3, 0.4) is 0 Å². The van der Waals surface area contributed by atoms with Crippen molar-refractivity contribution in [1.82, 2.24) is 0 Å². The molecule has 3 nitrogen and oxygen atoms in total. The molecule has 0 amide bonds. The predicted octanol–water partition coefficient (Wildman–Crippen LogP) is 15.3. The Morgan fingerprint density at radius 2 is 0.736 bits per heavy atom. The first-order chi connectivity index (χ1) is 26.2. The summed E-state index contributed by atoms with van der Waals surface area (Å²) in [4.78, 5) is 4.73. The summed E-state index contributed by atoms with van der Waals surface area (Å²) >= 11 is 3.70. The highest BCUT2D eigenvalue weighted by molar-refractivity contribution is 7.26. The Morgan fingerprint density at radius 3 is 1.43 bits per heavy atom. The molecule has 0 saturated carbocycles. The molecule has 0 N–H and O–H groups in total. The lowest BCUT2D eigenvalue weighted by atomic mass is 10.1. The smallest absolute Gasteiger partial charge is 0.135 e. The molecule has 0 radical (unpaired) electrons. The Kier molecular flexibility index (Phi) is 6.90. The predicted molar refractivity (Wildman–Crippen MR) is 229 cm³/mol. The fourth-order valence-corrected chi connectivity index (χ4v) is 9.99. The molecule has 5 heteroatoms. The van der Waals surface area contributed by atoms with Gasteiger partial charge in [-0.25, -0.2) is 0 Å². The number of para-hydroxylation sites is 3. The third-order valence-corrected chi connectivity index (χ3v) is 12.5. The normalized spacial score (nSPS) is 11.8. The fourth-order valence-electron chi connectivity index (χ4n) is 7.79. The number of hydrogen-bond donors (Lipinski definition) is 0. The lowest BCUT2D eigenvalue weighted by Gasteiger charge is -2.26. The molecule has 0 fully saturated rings. The SMILES string of the molecule is c1ccc(N(c2ccccc2)c2ccc3c(c2)sc2ccc(N(c4ccc5oc6ccccc6c5c4)c4ccc5sc6ccccc6c5c4)cc23)cc1. The number of hydrogen-bond acceptors (Lipinski definition) is 5. The average molecular weight is 715 g/mol. The number of fused-ring (bicyclic) bond motifs is 9. The first-order valence-electron chi connectivity index (χ1n) is 17.7. The van der Waals surface area contributed by atoms with Gasteiger partial charge in [0.1, 0.15) is 11.2 Å². The molecule has 0 atom stereocenters. The summed E-state index contributed by atoms with van der Waals surface area (Å²) in [5, 5.41) is 7.31. The average Bonchev–Trinajstić information content (AvgIpc) is 3.89. The van der Waals surface area contributed by atoms with Crippen LogP contribution in [-0.4, -0.2) is 0 Å². The number of rotatable bonds is 6. The zero-order valence-electron chi connectivity index (χ0n) is 28.4. The van der Waals surface area contributed by atoms with Gasteiger partial charge in [-0.2, -0.15) is 0 Å². The molecular formula is C48H30N2OS2. The van der Waals surface area contributed by atoms with E-state index in [0.29, 0.717) is 0 Å². The molecule has 0 spiro atoms. The largest absolute Gasteiger partial charge is 0.456 e. The van der Waals surface area contributed by atoms with Crippen molar-refractivity contribution in [1.29, 1.82) is 0 Å². The topological polar surface area (TPSA) is 19.6 Å². The second-order valence-corrected chi connectivity index (χ2v) is 15.5. The first-order valence-corrected chi connectivity index (χ1v) is 19.4. The minimum atomic E-state index is 0.893. The van der Waals surface area contributed by atoms with Gasteiger partial charge in [0.2, 0.25) is 0 Å². The zero-order valence-corrected chi connectivity index (χ0v) is 30.1. The Bertz CT molecular complexity index is 2990. The molecule has 3 heterocycles. The minimum Gasteiger partial charge on any atom is -0.456 e. The van der Waals surface area contributed by atoms with Gasteiger partial charge in [0, 0.05) is 85.2 Å². The van der Waals surface area contributed by atoms with Gasteiger partial charge in [-0.3, -0.25) is 0 Å². The molecule has 8 aromatic carbocycles. The van der Waals surface area contributed by atoms with Gasteiger partial charge in [0.15, 0.2) is 0 Å². The molecule has 0 saturated heterocycles. The van der Waals surface area contributed by atoms with Crippen LogP contribution in [0.25, 0.3) is 62.3 Å². The molecule has 0 aliphatic heterocycles. The van der Waals surface area contributed by atoms with Gasteiger partial charge >= 0.3 is 0 Å². The summed E-state index contributed by atoms with van der Waals surface area (Å²) in [5.41, 5.74) is 8.53. The van der Waals surface area contributed by atoms with E-state index in [4.69, 9.17) is 4.42 Å². The summed E-state index contributed by atoms with van der Waals surface area (Å²) in [5.74, 6) is 0. The monoisotopic (exact) mass is 714 g/mol. The summed E-state index contributed by atoms with van der Waals surface area (Å²) < 4.78 is 11.4. The molecule has 53 heavy (non-hydrogen) atoms. The Labute approximate surface area is 313 Å². The van der Waals surface area contributed by atoms with Crippen molar-refractivity contribution in [3.63, 3.8) is 0 Å². The number of anilines is 6. The van der Waals surface area contributed by atoms with Crippen molar-refractivity contribution in [2.45, 2.75) is 0 Å². The van der Waals surface area contributed by atoms with Crippen molar-refractivity contribution >= 4 is 119 Å². The zero-order chi connectivity index (χ0) is 34.9. The molecule has 0 unspecified atom stereocenters. The third-order valence-electron chi connectivity index (χ3n) is 10.2. The maximum atomic E-state index is 6.25. The van der Waals surface area contributed by atoms with Crippen LogP contribution >= 0.6 is 22.7 Å². The Hall–Kier alpha value is -6.40. The standard InChI is InChI=1S/C48H30N2OS2/c1-3-11-31(12-4-1)49(32-13-5-2-6-14-32)36-19-23-39-42-29-35(22-26-47(42)53-48(39)30-36)50(33-20-24-44-40(27-33)37-15-7-9-17-43(37)51-44)34-21-25-46-41(28-34)38-16-8-10-18-45(38)52-46/h1-30H. The quantitative estimate of drug-likeness (QED) is 0.171. The molecule has 11 rings (SSSR count). The molecule has 250 valence electrons. The second kappa shape index (κ2) is 12.1. The Morgan fingerprint density at radius 1 is 0.283 bits per heavy atom. The van der Waals surface area contributed by atoms with E-state index in [1.807, 2.05) is 34.8 Å². The van der Waals surface area contributed by atoms with Gasteiger partial charge in [-0.05, 0) is 103 Å². The highest BCUT2D eigenvalue weighted by Crippen LogP contribution is 2.45. The van der Waals surface area contributed by atoms with E-state index < -0.39 is 0 Å². The summed E-state index contributed by atoms with van der Waals surface area (Å²) in [6.07, 6.45) is 0. The minimum absolute atomic E-state index is 0.893. The Balaban J connectivity index is 1.09. The molecular weight excluding hydrogens is 685 g/mol. The van der Waals surface area contributed by atoms with Gasteiger partial charge in [-0.15, -0.1) is 22.7 Å². The highest BCUT2D eigenvalue weighted by Gasteiger charge is 2.19. The van der Waals surface area contributed by atoms with Gasteiger partial charge < -0.3 is 14.2 Å². The molecule has 0 aliphatic rings. The summed E-state index contributed by atoms with van der Waals surface area (Å²) in [6, 6.07) is 65.5. The molecule has 0 bridgehead atoms. The molecule has 11 aromatic rings. The lowest BCUT2D eigenvalue weighted by molar-refractivity contribution is 0.669. The number of furan rings is 1. The van der Waals surface area contributed by atoms with Crippen LogP contribution in [0.15, 0.2) is 186 Å². The van der Waals surface area contributed by atoms with Gasteiger partial charge in [0.05, 0.1) is 0 Å². The van der Waals surface area contributed by atoms with Gasteiger partial charge in [0.25, 0.3) is 0 Å². The van der Waals surface area contributed by atoms with Crippen molar-refractivity contribution in [3.05, 3.63) is 182 Å². The van der Waals surface area contributed by atoms with Crippen LogP contribution in [0.1, 0.15) is 0 Å². The first kappa shape index (κ1) is 30.2. The van der Waals surface area contributed by atoms with Crippen molar-refractivity contribution in [2.24, 2.45) is 0 Å². The van der Waals surface area contributed by atoms with Crippen LogP contribution in [0.5, 0.6) is 0 Å². The van der Waals surface area contributed by atoms with Crippen LogP contribution < -0.4 is 9.80 Å².